The number of nitrogens with zero attached hydrogens (tertiary/aromatic N) is 2. The number of para-hydroxylation sites is 1. The molecule has 0 radical (unpaired) electrons. The number of oxazole rings is 1. The first kappa shape index (κ1) is 11.7. The first-order valence-corrected chi connectivity index (χ1v) is 6.33. The van der Waals surface area contributed by atoms with E-state index in [9.17, 15) is 4.79 Å². The highest BCUT2D eigenvalue weighted by Gasteiger charge is 2.08. The molecule has 0 N–H and O–H groups in total. The quantitative estimate of drug-likeness (QED) is 0.721. The summed E-state index contributed by atoms with van der Waals surface area (Å²) < 4.78 is 6.86. The number of hydrogen-bond donors (Lipinski definition) is 0. The van der Waals surface area contributed by atoms with Crippen LogP contribution in [0.1, 0.15) is 13.3 Å². The SMILES string of the molecule is CCCn1cc(-c2cnc3ccccc3c2)oc1=O. The molecule has 4 heteroatoms. The first-order valence-electron chi connectivity index (χ1n) is 6.33. The minimum absolute atomic E-state index is 0.315. The Morgan fingerprint density at radius 2 is 2.16 bits per heavy atom. The summed E-state index contributed by atoms with van der Waals surface area (Å²) in [6.45, 7) is 2.69. The number of benzene rings is 1. The van der Waals surface area contributed by atoms with Gasteiger partial charge in [-0.1, -0.05) is 25.1 Å². The molecule has 0 saturated carbocycles. The van der Waals surface area contributed by atoms with Crippen LogP contribution >= 0.6 is 0 Å². The summed E-state index contributed by atoms with van der Waals surface area (Å²) in [7, 11) is 0. The van der Waals surface area contributed by atoms with Crippen LogP contribution in [-0.2, 0) is 6.54 Å². The van der Waals surface area contributed by atoms with Gasteiger partial charge in [0.05, 0.1) is 11.7 Å². The van der Waals surface area contributed by atoms with E-state index in [2.05, 4.69) is 4.98 Å². The van der Waals surface area contributed by atoms with Crippen molar-refractivity contribution in [3.05, 3.63) is 53.3 Å². The van der Waals surface area contributed by atoms with Crippen LogP contribution in [0, 0.1) is 0 Å². The van der Waals surface area contributed by atoms with Gasteiger partial charge < -0.3 is 4.42 Å². The van der Waals surface area contributed by atoms with E-state index in [1.54, 1.807) is 17.0 Å². The molecule has 0 aliphatic carbocycles. The molecule has 1 aromatic carbocycles. The van der Waals surface area contributed by atoms with Crippen LogP contribution in [0.25, 0.3) is 22.2 Å². The van der Waals surface area contributed by atoms with Crippen LogP contribution in [-0.4, -0.2) is 9.55 Å². The molecular formula is C15H14N2O2. The minimum atomic E-state index is -0.315. The highest BCUT2D eigenvalue weighted by atomic mass is 16.4. The van der Waals surface area contributed by atoms with Gasteiger partial charge in [0.1, 0.15) is 0 Å². The van der Waals surface area contributed by atoms with Gasteiger partial charge in [-0.15, -0.1) is 0 Å². The number of aryl methyl sites for hydroxylation is 1. The molecule has 0 fully saturated rings. The van der Waals surface area contributed by atoms with Gasteiger partial charge in [0.25, 0.3) is 0 Å². The van der Waals surface area contributed by atoms with Crippen LogP contribution in [0.3, 0.4) is 0 Å². The molecule has 2 aromatic heterocycles. The van der Waals surface area contributed by atoms with Crippen molar-refractivity contribution in [2.45, 2.75) is 19.9 Å². The molecule has 0 amide bonds. The van der Waals surface area contributed by atoms with Crippen LogP contribution in [0.15, 0.2) is 51.9 Å². The van der Waals surface area contributed by atoms with Crippen molar-refractivity contribution in [3.63, 3.8) is 0 Å². The molecule has 0 unspecified atom stereocenters. The Labute approximate surface area is 110 Å². The van der Waals surface area contributed by atoms with E-state index in [4.69, 9.17) is 4.42 Å². The molecule has 3 rings (SSSR count). The average Bonchev–Trinajstić information content (AvgIpc) is 2.80. The molecule has 4 nitrogen and oxygen atoms in total. The fourth-order valence-corrected chi connectivity index (χ4v) is 2.11. The number of aromatic nitrogens is 2. The van der Waals surface area contributed by atoms with Crippen molar-refractivity contribution < 1.29 is 4.42 Å². The number of rotatable bonds is 3. The Bertz CT molecular complexity index is 771. The van der Waals surface area contributed by atoms with E-state index in [0.717, 1.165) is 22.9 Å². The van der Waals surface area contributed by atoms with E-state index in [-0.39, 0.29) is 5.76 Å². The lowest BCUT2D eigenvalue weighted by atomic mass is 10.1. The predicted molar refractivity (Wildman–Crippen MR) is 74.0 cm³/mol. The van der Waals surface area contributed by atoms with Crippen molar-refractivity contribution in [2.75, 3.05) is 0 Å². The maximum absolute atomic E-state index is 11.6. The number of fused-ring (bicyclic) bond motifs is 1. The Hall–Kier alpha value is -2.36. The lowest BCUT2D eigenvalue weighted by Gasteiger charge is -1.99. The standard InChI is InChI=1S/C15H14N2O2/c1-2-7-17-10-14(19-15(17)18)12-8-11-5-3-4-6-13(11)16-9-12/h3-6,8-10H,2,7H2,1H3. The highest BCUT2D eigenvalue weighted by Crippen LogP contribution is 2.21. The Morgan fingerprint density at radius 3 is 3.00 bits per heavy atom. The normalized spacial score (nSPS) is 11.0. The van der Waals surface area contributed by atoms with Crippen molar-refractivity contribution in [2.24, 2.45) is 0 Å². The zero-order valence-corrected chi connectivity index (χ0v) is 10.7. The van der Waals surface area contributed by atoms with Crippen LogP contribution in [0.4, 0.5) is 0 Å². The number of pyridine rings is 1. The summed E-state index contributed by atoms with van der Waals surface area (Å²) in [6, 6.07) is 9.85. The molecule has 0 saturated heterocycles. The minimum Gasteiger partial charge on any atom is -0.408 e. The van der Waals surface area contributed by atoms with Gasteiger partial charge in [0, 0.05) is 23.7 Å². The molecule has 0 spiro atoms. The van der Waals surface area contributed by atoms with Gasteiger partial charge in [-0.3, -0.25) is 9.55 Å². The second-order valence-corrected chi connectivity index (χ2v) is 4.47. The van der Waals surface area contributed by atoms with Gasteiger partial charge in [-0.2, -0.15) is 0 Å². The molecule has 19 heavy (non-hydrogen) atoms. The Kier molecular flexibility index (Phi) is 2.91. The molecule has 0 aliphatic rings. The molecular weight excluding hydrogens is 240 g/mol. The van der Waals surface area contributed by atoms with Crippen molar-refractivity contribution in [3.8, 4) is 11.3 Å². The Morgan fingerprint density at radius 1 is 1.32 bits per heavy atom. The summed E-state index contributed by atoms with van der Waals surface area (Å²) >= 11 is 0. The summed E-state index contributed by atoms with van der Waals surface area (Å²) in [5.41, 5.74) is 1.76. The molecule has 3 aromatic rings. The zero-order chi connectivity index (χ0) is 13.2. The van der Waals surface area contributed by atoms with Gasteiger partial charge in [0.15, 0.2) is 5.76 Å². The fraction of sp³-hybridized carbons (Fsp3) is 0.200. The molecule has 2 heterocycles. The van der Waals surface area contributed by atoms with Gasteiger partial charge in [-0.05, 0) is 18.6 Å². The second-order valence-electron chi connectivity index (χ2n) is 4.47. The third-order valence-electron chi connectivity index (χ3n) is 3.04. The maximum Gasteiger partial charge on any atom is 0.419 e. The smallest absolute Gasteiger partial charge is 0.408 e. The monoisotopic (exact) mass is 254 g/mol. The van der Waals surface area contributed by atoms with Crippen molar-refractivity contribution in [1.82, 2.24) is 9.55 Å². The van der Waals surface area contributed by atoms with Crippen LogP contribution < -0.4 is 5.76 Å². The summed E-state index contributed by atoms with van der Waals surface area (Å²) in [5, 5.41) is 1.03. The lowest BCUT2D eigenvalue weighted by Crippen LogP contribution is -2.12. The fourth-order valence-electron chi connectivity index (χ4n) is 2.11. The second kappa shape index (κ2) is 4.72. The van der Waals surface area contributed by atoms with E-state index in [1.807, 2.05) is 37.3 Å². The van der Waals surface area contributed by atoms with E-state index in [1.165, 1.54) is 0 Å². The summed E-state index contributed by atoms with van der Waals surface area (Å²) in [5.74, 6) is 0.252. The van der Waals surface area contributed by atoms with Crippen molar-refractivity contribution in [1.29, 1.82) is 0 Å². The average molecular weight is 254 g/mol. The molecule has 0 aliphatic heterocycles. The summed E-state index contributed by atoms with van der Waals surface area (Å²) in [4.78, 5) is 16.0. The van der Waals surface area contributed by atoms with Gasteiger partial charge in [0.2, 0.25) is 0 Å². The van der Waals surface area contributed by atoms with Gasteiger partial charge >= 0.3 is 5.76 Å². The third kappa shape index (κ3) is 2.17. The highest BCUT2D eigenvalue weighted by molar-refractivity contribution is 5.82. The van der Waals surface area contributed by atoms with Crippen LogP contribution in [0.5, 0.6) is 0 Å². The van der Waals surface area contributed by atoms with E-state index < -0.39 is 0 Å². The summed E-state index contributed by atoms with van der Waals surface area (Å²) in [6.07, 6.45) is 4.38. The van der Waals surface area contributed by atoms with E-state index in [0.29, 0.717) is 12.3 Å². The van der Waals surface area contributed by atoms with Gasteiger partial charge in [-0.25, -0.2) is 4.79 Å². The van der Waals surface area contributed by atoms with Crippen molar-refractivity contribution >= 4 is 10.9 Å². The maximum atomic E-state index is 11.6. The lowest BCUT2D eigenvalue weighted by molar-refractivity contribution is 0.484. The Balaban J connectivity index is 2.08. The molecule has 0 bridgehead atoms. The topological polar surface area (TPSA) is 48.0 Å². The molecule has 96 valence electrons. The first-order chi connectivity index (χ1) is 9.28. The molecule has 0 atom stereocenters. The zero-order valence-electron chi connectivity index (χ0n) is 10.7. The third-order valence-corrected chi connectivity index (χ3v) is 3.04. The van der Waals surface area contributed by atoms with Crippen LogP contribution in [0.2, 0.25) is 0 Å². The largest absolute Gasteiger partial charge is 0.419 e. The number of hydrogen-bond acceptors (Lipinski definition) is 3. The predicted octanol–water partition coefficient (Wildman–Crippen LogP) is 3.07. The van der Waals surface area contributed by atoms with E-state index >= 15 is 0 Å².